The minimum absolute atomic E-state index is 0.182. The smallest absolute Gasteiger partial charge is 0.192 e. The van der Waals surface area contributed by atoms with Gasteiger partial charge >= 0.3 is 0 Å². The minimum atomic E-state index is -1.75. The second kappa shape index (κ2) is 6.67. The number of hydrogen-bond donors (Lipinski definition) is 0. The van der Waals surface area contributed by atoms with Crippen LogP contribution in [0, 0.1) is 11.8 Å². The zero-order valence-electron chi connectivity index (χ0n) is 13.3. The van der Waals surface area contributed by atoms with Crippen LogP contribution in [0.2, 0.25) is 18.1 Å². The molecule has 0 rings (SSSR count). The van der Waals surface area contributed by atoms with Crippen LogP contribution in [0.15, 0.2) is 12.2 Å². The highest BCUT2D eigenvalue weighted by Gasteiger charge is 2.40. The van der Waals surface area contributed by atoms with Crippen molar-refractivity contribution >= 4 is 14.6 Å². The van der Waals surface area contributed by atoms with Crippen molar-refractivity contribution in [2.45, 2.75) is 65.8 Å². The van der Waals surface area contributed by atoms with Crippen molar-refractivity contribution in [2.75, 3.05) is 0 Å². The van der Waals surface area contributed by atoms with E-state index in [2.05, 4.69) is 54.6 Å². The summed E-state index contributed by atoms with van der Waals surface area (Å²) in [7, 11) is -1.75. The zero-order valence-corrected chi connectivity index (χ0v) is 14.3. The lowest BCUT2D eigenvalue weighted by molar-refractivity contribution is -0.104. The third kappa shape index (κ3) is 5.07. The van der Waals surface area contributed by atoms with Crippen molar-refractivity contribution in [1.29, 1.82) is 0 Å². The Morgan fingerprint density at radius 1 is 1.11 bits per heavy atom. The Morgan fingerprint density at radius 3 is 1.94 bits per heavy atom. The van der Waals surface area contributed by atoms with Crippen LogP contribution in [0.4, 0.5) is 0 Å². The summed E-state index contributed by atoms with van der Waals surface area (Å²) in [4.78, 5) is 10.4. The Balaban J connectivity index is 4.94. The number of carbonyl (C=O) groups excluding carboxylic acids is 1. The molecule has 106 valence electrons. The molecule has 0 spiro atoms. The molecule has 0 amide bonds. The monoisotopic (exact) mass is 270 g/mol. The Bertz CT molecular complexity index is 287. The first-order chi connectivity index (χ1) is 8.03. The van der Waals surface area contributed by atoms with Gasteiger partial charge < -0.3 is 4.43 Å². The van der Waals surface area contributed by atoms with Gasteiger partial charge in [-0.2, -0.15) is 0 Å². The first-order valence-electron chi connectivity index (χ1n) is 6.82. The molecule has 0 bridgehead atoms. The van der Waals surface area contributed by atoms with Gasteiger partial charge in [0.1, 0.15) is 6.29 Å². The summed E-state index contributed by atoms with van der Waals surface area (Å²) in [6.07, 6.45) is 4.54. The summed E-state index contributed by atoms with van der Waals surface area (Å²) in [5.41, 5.74) is 0. The fourth-order valence-corrected chi connectivity index (χ4v) is 3.22. The molecule has 0 radical (unpaired) electrons. The maximum Gasteiger partial charge on any atom is 0.192 e. The Labute approximate surface area is 114 Å². The normalized spacial score (nSPS) is 17.2. The number of carbonyl (C=O) groups is 1. The molecule has 3 heteroatoms. The second-order valence-electron chi connectivity index (χ2n) is 6.97. The van der Waals surface area contributed by atoms with Crippen molar-refractivity contribution in [3.8, 4) is 0 Å². The fourth-order valence-electron chi connectivity index (χ4n) is 1.70. The van der Waals surface area contributed by atoms with E-state index in [-0.39, 0.29) is 17.1 Å². The van der Waals surface area contributed by atoms with Gasteiger partial charge in [0.2, 0.25) is 0 Å². The maximum absolute atomic E-state index is 10.4. The Kier molecular flexibility index (Phi) is 6.51. The van der Waals surface area contributed by atoms with E-state index in [1.165, 1.54) is 0 Å². The van der Waals surface area contributed by atoms with E-state index >= 15 is 0 Å². The van der Waals surface area contributed by atoms with E-state index < -0.39 is 8.32 Å². The summed E-state index contributed by atoms with van der Waals surface area (Å²) < 4.78 is 6.49. The van der Waals surface area contributed by atoms with E-state index in [0.717, 1.165) is 6.29 Å². The van der Waals surface area contributed by atoms with Crippen molar-refractivity contribution in [3.63, 3.8) is 0 Å². The van der Waals surface area contributed by atoms with Crippen LogP contribution in [0.1, 0.15) is 41.5 Å². The average molecular weight is 270 g/mol. The van der Waals surface area contributed by atoms with E-state index in [1.54, 1.807) is 6.08 Å². The molecule has 0 saturated heterocycles. The third-order valence-corrected chi connectivity index (χ3v) is 8.38. The van der Waals surface area contributed by atoms with Gasteiger partial charge in [0.25, 0.3) is 0 Å². The van der Waals surface area contributed by atoms with E-state index in [9.17, 15) is 4.79 Å². The molecule has 2 nitrogen and oxygen atoms in total. The number of hydrogen-bond acceptors (Lipinski definition) is 2. The van der Waals surface area contributed by atoms with E-state index in [0.29, 0.717) is 5.92 Å². The Morgan fingerprint density at radius 2 is 1.61 bits per heavy atom. The van der Waals surface area contributed by atoms with Gasteiger partial charge in [-0.15, -0.1) is 0 Å². The minimum Gasteiger partial charge on any atom is -0.413 e. The molecule has 0 heterocycles. The predicted molar refractivity (Wildman–Crippen MR) is 81.3 cm³/mol. The molecule has 0 aromatic carbocycles. The zero-order chi connectivity index (χ0) is 14.6. The molecule has 2 atom stereocenters. The summed E-state index contributed by atoms with van der Waals surface area (Å²) in [6.45, 7) is 17.8. The van der Waals surface area contributed by atoms with Gasteiger partial charge in [0.05, 0.1) is 6.10 Å². The van der Waals surface area contributed by atoms with Crippen molar-refractivity contribution < 1.29 is 9.22 Å². The van der Waals surface area contributed by atoms with Crippen molar-refractivity contribution in [3.05, 3.63) is 12.2 Å². The molecule has 0 N–H and O–H groups in total. The summed E-state index contributed by atoms with van der Waals surface area (Å²) >= 11 is 0. The highest BCUT2D eigenvalue weighted by molar-refractivity contribution is 6.74. The topological polar surface area (TPSA) is 26.3 Å². The molecule has 0 saturated carbocycles. The number of allylic oxidation sites excluding steroid dienone is 1. The molecule has 0 aliphatic heterocycles. The largest absolute Gasteiger partial charge is 0.413 e. The molecule has 0 unspecified atom stereocenters. The summed E-state index contributed by atoms with van der Waals surface area (Å²) in [6, 6.07) is 0. The molecule has 0 fully saturated rings. The van der Waals surface area contributed by atoms with E-state index in [4.69, 9.17) is 4.43 Å². The molecule has 0 aromatic heterocycles. The fraction of sp³-hybridized carbons (Fsp3) is 0.800. The van der Waals surface area contributed by atoms with Crippen LogP contribution in [0.5, 0.6) is 0 Å². The lowest BCUT2D eigenvalue weighted by atomic mass is 9.95. The molecule has 0 aliphatic carbocycles. The summed E-state index contributed by atoms with van der Waals surface area (Å²) in [5.74, 6) is 0.717. The van der Waals surface area contributed by atoms with Gasteiger partial charge in [-0.1, -0.05) is 47.6 Å². The van der Waals surface area contributed by atoms with E-state index in [1.807, 2.05) is 6.08 Å². The standard InChI is InChI=1S/C15H30O2Si/c1-12(2)14(13(3)10-9-11-16)17-18(7,8)15(4,5)6/h9-14H,1-8H3/b10-9+/t13-,14-/m1/s1. The van der Waals surface area contributed by atoms with Gasteiger partial charge in [-0.3, -0.25) is 4.79 Å². The second-order valence-corrected chi connectivity index (χ2v) is 11.7. The van der Waals surface area contributed by atoms with Gasteiger partial charge in [0, 0.05) is 0 Å². The number of rotatable bonds is 6. The number of aldehydes is 1. The van der Waals surface area contributed by atoms with Crippen LogP contribution in [-0.4, -0.2) is 20.7 Å². The Hall–Kier alpha value is -0.413. The average Bonchev–Trinajstić information content (AvgIpc) is 2.20. The van der Waals surface area contributed by atoms with Crippen molar-refractivity contribution in [1.82, 2.24) is 0 Å². The van der Waals surface area contributed by atoms with Gasteiger partial charge in [-0.25, -0.2) is 0 Å². The molecular formula is C15H30O2Si. The molecule has 0 aromatic rings. The molecular weight excluding hydrogens is 240 g/mol. The first kappa shape index (κ1) is 17.6. The van der Waals surface area contributed by atoms with Crippen LogP contribution in [-0.2, 0) is 9.22 Å². The lowest BCUT2D eigenvalue weighted by Crippen LogP contribution is -2.46. The van der Waals surface area contributed by atoms with Crippen LogP contribution < -0.4 is 0 Å². The SMILES string of the molecule is CC(C)[C@@H](O[Si](C)(C)C(C)(C)C)[C@H](C)/C=C/C=O. The molecule has 0 aliphatic rings. The lowest BCUT2D eigenvalue weighted by Gasteiger charge is -2.42. The van der Waals surface area contributed by atoms with Crippen LogP contribution >= 0.6 is 0 Å². The van der Waals surface area contributed by atoms with Crippen LogP contribution in [0.3, 0.4) is 0 Å². The highest BCUT2D eigenvalue weighted by atomic mass is 28.4. The van der Waals surface area contributed by atoms with Crippen LogP contribution in [0.25, 0.3) is 0 Å². The van der Waals surface area contributed by atoms with Gasteiger partial charge in [-0.05, 0) is 36.0 Å². The third-order valence-electron chi connectivity index (χ3n) is 3.91. The summed E-state index contributed by atoms with van der Waals surface area (Å²) in [5, 5.41) is 0.217. The molecule has 18 heavy (non-hydrogen) atoms. The quantitative estimate of drug-likeness (QED) is 0.405. The maximum atomic E-state index is 10.4. The predicted octanol–water partition coefficient (Wildman–Crippen LogP) is 4.42. The van der Waals surface area contributed by atoms with Gasteiger partial charge in [0.15, 0.2) is 8.32 Å². The highest BCUT2D eigenvalue weighted by Crippen LogP contribution is 2.39. The van der Waals surface area contributed by atoms with Crippen molar-refractivity contribution in [2.24, 2.45) is 11.8 Å². The first-order valence-corrected chi connectivity index (χ1v) is 9.73.